The van der Waals surface area contributed by atoms with E-state index < -0.39 is 0 Å². The van der Waals surface area contributed by atoms with Gasteiger partial charge in [-0.15, -0.1) is 0 Å². The van der Waals surface area contributed by atoms with Crippen molar-refractivity contribution in [2.75, 3.05) is 66.1 Å². The van der Waals surface area contributed by atoms with Gasteiger partial charge in [0.1, 0.15) is 49.1 Å². The first kappa shape index (κ1) is 31.7. The van der Waals surface area contributed by atoms with E-state index in [1.807, 2.05) is 24.3 Å². The molecule has 4 rings (SSSR count). The third kappa shape index (κ3) is 13.5. The predicted molar refractivity (Wildman–Crippen MR) is 157 cm³/mol. The fourth-order valence-electron chi connectivity index (χ4n) is 4.05. The molecule has 2 aliphatic rings. The van der Waals surface area contributed by atoms with Gasteiger partial charge in [-0.1, -0.05) is 51.0 Å². The average Bonchev–Trinajstić information content (AvgIpc) is 3.93. The summed E-state index contributed by atoms with van der Waals surface area (Å²) >= 11 is 0. The molecule has 2 heterocycles. The standard InChI is InChI=1S/C33H48O8/c1-3-5-15-34-18-30(38-22-32-24-40-32)20-36-28-11-7-26(8-12-28)17-27-9-13-29(14-10-27)37-21-31(19-35-16-6-4-2)39-23-33-25-41-33/h7-14,30-33H,3-6,15-25H2,1-2H3. The van der Waals surface area contributed by atoms with Crippen LogP contribution in [0.3, 0.4) is 0 Å². The summed E-state index contributed by atoms with van der Waals surface area (Å²) in [4.78, 5) is 0. The van der Waals surface area contributed by atoms with Crippen LogP contribution in [0.5, 0.6) is 11.5 Å². The number of epoxide rings is 2. The van der Waals surface area contributed by atoms with E-state index in [2.05, 4.69) is 38.1 Å². The molecule has 4 atom stereocenters. The molecule has 0 aromatic heterocycles. The molecule has 0 amide bonds. The molecular weight excluding hydrogens is 524 g/mol. The molecule has 0 N–H and O–H groups in total. The lowest BCUT2D eigenvalue weighted by Crippen LogP contribution is -2.29. The molecule has 2 fully saturated rings. The molecule has 41 heavy (non-hydrogen) atoms. The fraction of sp³-hybridized carbons (Fsp3) is 0.636. The van der Waals surface area contributed by atoms with Gasteiger partial charge in [0, 0.05) is 13.2 Å². The van der Waals surface area contributed by atoms with Gasteiger partial charge in [-0.3, -0.25) is 0 Å². The summed E-state index contributed by atoms with van der Waals surface area (Å²) < 4.78 is 46.0. The quantitative estimate of drug-likeness (QED) is 0.125. The Morgan fingerprint density at radius 2 is 1.05 bits per heavy atom. The Morgan fingerprint density at radius 3 is 1.41 bits per heavy atom. The molecule has 2 aromatic rings. The molecule has 0 radical (unpaired) electrons. The zero-order valence-electron chi connectivity index (χ0n) is 24.8. The van der Waals surface area contributed by atoms with Crippen molar-refractivity contribution in [1.29, 1.82) is 0 Å². The number of rotatable bonds is 24. The molecule has 0 saturated carbocycles. The molecule has 228 valence electrons. The molecule has 4 unspecified atom stereocenters. The van der Waals surface area contributed by atoms with Crippen LogP contribution in [-0.4, -0.2) is 90.5 Å². The van der Waals surface area contributed by atoms with Crippen LogP contribution >= 0.6 is 0 Å². The topological polar surface area (TPSA) is 80.4 Å². The van der Waals surface area contributed by atoms with Gasteiger partial charge in [0.15, 0.2) is 0 Å². The number of hydrogen-bond acceptors (Lipinski definition) is 8. The highest BCUT2D eigenvalue weighted by atomic mass is 16.6. The Balaban J connectivity index is 1.18. The van der Waals surface area contributed by atoms with Crippen LogP contribution in [0.1, 0.15) is 50.7 Å². The Labute approximate surface area is 245 Å². The highest BCUT2D eigenvalue weighted by Gasteiger charge is 2.25. The van der Waals surface area contributed by atoms with Crippen molar-refractivity contribution in [3.8, 4) is 11.5 Å². The van der Waals surface area contributed by atoms with E-state index in [0.717, 1.165) is 70.0 Å². The van der Waals surface area contributed by atoms with Gasteiger partial charge in [0.25, 0.3) is 0 Å². The van der Waals surface area contributed by atoms with E-state index in [1.165, 1.54) is 11.1 Å². The Hall–Kier alpha value is -2.20. The first-order valence-corrected chi connectivity index (χ1v) is 15.3. The molecule has 8 heteroatoms. The first-order valence-electron chi connectivity index (χ1n) is 15.3. The Kier molecular flexibility index (Phi) is 14.2. The van der Waals surface area contributed by atoms with E-state index >= 15 is 0 Å². The summed E-state index contributed by atoms with van der Waals surface area (Å²) in [6, 6.07) is 16.5. The highest BCUT2D eigenvalue weighted by molar-refractivity contribution is 5.34. The minimum Gasteiger partial charge on any atom is -0.491 e. The van der Waals surface area contributed by atoms with Crippen LogP contribution in [0.4, 0.5) is 0 Å². The molecular formula is C33H48O8. The van der Waals surface area contributed by atoms with Crippen molar-refractivity contribution < 1.29 is 37.9 Å². The first-order chi connectivity index (χ1) is 20.2. The summed E-state index contributed by atoms with van der Waals surface area (Å²) in [5, 5.41) is 0. The van der Waals surface area contributed by atoms with Crippen LogP contribution in [0.2, 0.25) is 0 Å². The second-order valence-electron chi connectivity index (χ2n) is 10.8. The third-order valence-corrected chi connectivity index (χ3v) is 6.86. The largest absolute Gasteiger partial charge is 0.491 e. The van der Waals surface area contributed by atoms with E-state index in [4.69, 9.17) is 37.9 Å². The van der Waals surface area contributed by atoms with Gasteiger partial charge in [0.05, 0.1) is 39.6 Å². The zero-order valence-corrected chi connectivity index (χ0v) is 24.8. The van der Waals surface area contributed by atoms with Crippen molar-refractivity contribution in [3.05, 3.63) is 59.7 Å². The SMILES string of the molecule is CCCCOCC(COc1ccc(Cc2ccc(OCC(COCCCC)OCC3CO3)cc2)cc1)OCC1CO1. The summed E-state index contributed by atoms with van der Waals surface area (Å²) in [5.74, 6) is 1.65. The van der Waals surface area contributed by atoms with Gasteiger partial charge in [-0.25, -0.2) is 0 Å². The van der Waals surface area contributed by atoms with Crippen LogP contribution in [0.15, 0.2) is 48.5 Å². The van der Waals surface area contributed by atoms with Crippen LogP contribution in [-0.2, 0) is 34.8 Å². The fourth-order valence-corrected chi connectivity index (χ4v) is 4.05. The number of ether oxygens (including phenoxy) is 8. The zero-order chi connectivity index (χ0) is 28.5. The molecule has 0 bridgehead atoms. The lowest BCUT2D eigenvalue weighted by molar-refractivity contribution is -0.0417. The van der Waals surface area contributed by atoms with Crippen molar-refractivity contribution in [2.45, 2.75) is 70.4 Å². The molecule has 8 nitrogen and oxygen atoms in total. The minimum atomic E-state index is -0.112. The van der Waals surface area contributed by atoms with Crippen molar-refractivity contribution in [1.82, 2.24) is 0 Å². The van der Waals surface area contributed by atoms with E-state index in [1.54, 1.807) is 0 Å². The second-order valence-corrected chi connectivity index (χ2v) is 10.8. The maximum Gasteiger partial charge on any atom is 0.119 e. The Bertz CT molecular complexity index is 865. The third-order valence-electron chi connectivity index (χ3n) is 6.86. The van der Waals surface area contributed by atoms with Gasteiger partial charge >= 0.3 is 0 Å². The van der Waals surface area contributed by atoms with Crippen molar-refractivity contribution >= 4 is 0 Å². The smallest absolute Gasteiger partial charge is 0.119 e. The second kappa shape index (κ2) is 18.4. The molecule has 0 aliphatic carbocycles. The van der Waals surface area contributed by atoms with E-state index in [-0.39, 0.29) is 24.4 Å². The summed E-state index contributed by atoms with van der Waals surface area (Å²) in [7, 11) is 0. The van der Waals surface area contributed by atoms with Crippen LogP contribution < -0.4 is 9.47 Å². The lowest BCUT2D eigenvalue weighted by Gasteiger charge is -2.19. The number of unbranched alkanes of at least 4 members (excludes halogenated alkanes) is 2. The highest BCUT2D eigenvalue weighted by Crippen LogP contribution is 2.19. The van der Waals surface area contributed by atoms with Gasteiger partial charge < -0.3 is 37.9 Å². The molecule has 0 spiro atoms. The normalized spacial score (nSPS) is 19.1. The van der Waals surface area contributed by atoms with Crippen molar-refractivity contribution in [2.24, 2.45) is 0 Å². The maximum absolute atomic E-state index is 6.03. The molecule has 2 aliphatic heterocycles. The van der Waals surface area contributed by atoms with Gasteiger partial charge in [-0.05, 0) is 54.7 Å². The lowest BCUT2D eigenvalue weighted by atomic mass is 10.0. The predicted octanol–water partition coefficient (Wildman–Crippen LogP) is 5.24. The minimum absolute atomic E-state index is 0.112. The summed E-state index contributed by atoms with van der Waals surface area (Å²) in [5.41, 5.74) is 2.43. The molecule has 2 saturated heterocycles. The summed E-state index contributed by atoms with van der Waals surface area (Å²) in [6.07, 6.45) is 5.39. The number of hydrogen-bond donors (Lipinski definition) is 0. The van der Waals surface area contributed by atoms with Crippen LogP contribution in [0, 0.1) is 0 Å². The van der Waals surface area contributed by atoms with Gasteiger partial charge in [0.2, 0.25) is 0 Å². The summed E-state index contributed by atoms with van der Waals surface area (Å²) in [6.45, 7) is 10.5. The van der Waals surface area contributed by atoms with Gasteiger partial charge in [-0.2, -0.15) is 0 Å². The van der Waals surface area contributed by atoms with Crippen molar-refractivity contribution in [3.63, 3.8) is 0 Å². The monoisotopic (exact) mass is 572 g/mol. The Morgan fingerprint density at radius 1 is 0.634 bits per heavy atom. The number of benzene rings is 2. The van der Waals surface area contributed by atoms with E-state index in [0.29, 0.717) is 39.6 Å². The van der Waals surface area contributed by atoms with Crippen LogP contribution in [0.25, 0.3) is 0 Å². The maximum atomic E-state index is 6.03. The molecule has 2 aromatic carbocycles. The average molecular weight is 573 g/mol. The van der Waals surface area contributed by atoms with E-state index in [9.17, 15) is 0 Å².